The number of carbonyl (C=O) groups excluding carboxylic acids is 1. The molecule has 24 heavy (non-hydrogen) atoms. The van der Waals surface area contributed by atoms with Gasteiger partial charge in [0.25, 0.3) is 5.91 Å². The van der Waals surface area contributed by atoms with Gasteiger partial charge in [-0.3, -0.25) is 4.79 Å². The summed E-state index contributed by atoms with van der Waals surface area (Å²) in [5, 5.41) is 12.5. The summed E-state index contributed by atoms with van der Waals surface area (Å²) in [5.41, 5.74) is 2.67. The number of pyridine rings is 1. The highest BCUT2D eigenvalue weighted by Crippen LogP contribution is 2.23. The average molecular weight is 317 g/mol. The molecule has 3 aromatic rings. The molecule has 1 amide bonds. The van der Waals surface area contributed by atoms with Crippen molar-refractivity contribution >= 4 is 22.5 Å². The predicted molar refractivity (Wildman–Crippen MR) is 91.8 cm³/mol. The Hall–Kier alpha value is -3.39. The van der Waals surface area contributed by atoms with E-state index < -0.39 is 0 Å². The molecule has 0 saturated carbocycles. The lowest BCUT2D eigenvalue weighted by Gasteiger charge is -2.10. The van der Waals surface area contributed by atoms with E-state index in [4.69, 9.17) is 10.00 Å². The minimum Gasteiger partial charge on any atom is -0.481 e. The van der Waals surface area contributed by atoms with Gasteiger partial charge >= 0.3 is 0 Å². The van der Waals surface area contributed by atoms with Crippen LogP contribution in [0.3, 0.4) is 0 Å². The number of para-hydroxylation sites is 1. The quantitative estimate of drug-likeness (QED) is 0.800. The fourth-order valence-corrected chi connectivity index (χ4v) is 2.34. The maximum Gasteiger partial charge on any atom is 0.262 e. The Bertz CT molecular complexity index is 945. The molecule has 118 valence electrons. The van der Waals surface area contributed by atoms with Gasteiger partial charge in [0, 0.05) is 16.8 Å². The summed E-state index contributed by atoms with van der Waals surface area (Å²) >= 11 is 0. The molecule has 0 unspecified atom stereocenters. The molecule has 0 fully saturated rings. The smallest absolute Gasteiger partial charge is 0.262 e. The van der Waals surface area contributed by atoms with E-state index in [0.717, 1.165) is 16.6 Å². The third-order valence-corrected chi connectivity index (χ3v) is 3.46. The number of aromatic nitrogens is 1. The van der Waals surface area contributed by atoms with E-state index in [0.29, 0.717) is 17.0 Å². The van der Waals surface area contributed by atoms with Gasteiger partial charge in [-0.25, -0.2) is 4.98 Å². The SMILES string of the molecule is Cc1ccc2cccc(OCC(=O)Nc3cccc(C#N)c3)c2n1. The fraction of sp³-hybridized carbons (Fsp3) is 0.105. The number of rotatable bonds is 4. The second kappa shape index (κ2) is 6.80. The van der Waals surface area contributed by atoms with Gasteiger partial charge in [0.1, 0.15) is 11.3 Å². The number of aryl methyl sites for hydroxylation is 1. The highest BCUT2D eigenvalue weighted by molar-refractivity contribution is 5.92. The molecule has 0 saturated heterocycles. The Morgan fingerprint density at radius 2 is 2.04 bits per heavy atom. The third-order valence-electron chi connectivity index (χ3n) is 3.46. The van der Waals surface area contributed by atoms with E-state index in [1.54, 1.807) is 30.3 Å². The summed E-state index contributed by atoms with van der Waals surface area (Å²) in [6, 6.07) is 18.3. The van der Waals surface area contributed by atoms with Crippen LogP contribution in [-0.2, 0) is 4.79 Å². The molecule has 0 aliphatic carbocycles. The number of ether oxygens (including phenoxy) is 1. The summed E-state index contributed by atoms with van der Waals surface area (Å²) in [7, 11) is 0. The molecule has 0 aliphatic rings. The largest absolute Gasteiger partial charge is 0.481 e. The molecule has 0 bridgehead atoms. The molecule has 0 atom stereocenters. The Kier molecular flexibility index (Phi) is 4.39. The van der Waals surface area contributed by atoms with Crippen molar-refractivity contribution in [2.24, 2.45) is 0 Å². The van der Waals surface area contributed by atoms with Crippen molar-refractivity contribution in [2.75, 3.05) is 11.9 Å². The van der Waals surface area contributed by atoms with Crippen LogP contribution in [0.1, 0.15) is 11.3 Å². The van der Waals surface area contributed by atoms with Crippen LogP contribution in [-0.4, -0.2) is 17.5 Å². The lowest BCUT2D eigenvalue weighted by atomic mass is 10.2. The van der Waals surface area contributed by atoms with Crippen molar-refractivity contribution in [3.63, 3.8) is 0 Å². The van der Waals surface area contributed by atoms with Crippen molar-refractivity contribution in [2.45, 2.75) is 6.92 Å². The zero-order valence-corrected chi connectivity index (χ0v) is 13.1. The lowest BCUT2D eigenvalue weighted by Crippen LogP contribution is -2.20. The predicted octanol–water partition coefficient (Wildman–Crippen LogP) is 3.43. The second-order valence-corrected chi connectivity index (χ2v) is 5.31. The molecule has 1 N–H and O–H groups in total. The van der Waals surface area contributed by atoms with Gasteiger partial charge in [0.2, 0.25) is 0 Å². The number of carbonyl (C=O) groups is 1. The standard InChI is InChI=1S/C19H15N3O2/c1-13-8-9-15-5-3-7-17(19(15)21-13)24-12-18(23)22-16-6-2-4-14(10-16)11-20/h2-10H,12H2,1H3,(H,22,23). The number of hydrogen-bond acceptors (Lipinski definition) is 4. The first-order valence-corrected chi connectivity index (χ1v) is 7.45. The first-order chi connectivity index (χ1) is 11.7. The second-order valence-electron chi connectivity index (χ2n) is 5.31. The zero-order chi connectivity index (χ0) is 16.9. The minimum absolute atomic E-state index is 0.133. The van der Waals surface area contributed by atoms with Crippen LogP contribution in [0.2, 0.25) is 0 Å². The number of benzene rings is 2. The number of fused-ring (bicyclic) bond motifs is 1. The van der Waals surface area contributed by atoms with E-state index in [2.05, 4.69) is 10.3 Å². The van der Waals surface area contributed by atoms with Crippen molar-refractivity contribution in [1.82, 2.24) is 4.98 Å². The van der Waals surface area contributed by atoms with Crippen LogP contribution < -0.4 is 10.1 Å². The number of hydrogen-bond donors (Lipinski definition) is 1. The molecular formula is C19H15N3O2. The minimum atomic E-state index is -0.297. The van der Waals surface area contributed by atoms with Crippen LogP contribution in [0.5, 0.6) is 5.75 Å². The van der Waals surface area contributed by atoms with Crippen LogP contribution in [0, 0.1) is 18.3 Å². The first kappa shape index (κ1) is 15.5. The molecule has 1 aromatic heterocycles. The topological polar surface area (TPSA) is 75.0 Å². The Balaban J connectivity index is 1.70. The highest BCUT2D eigenvalue weighted by Gasteiger charge is 2.08. The van der Waals surface area contributed by atoms with Crippen molar-refractivity contribution < 1.29 is 9.53 Å². The van der Waals surface area contributed by atoms with Gasteiger partial charge in [-0.1, -0.05) is 24.3 Å². The highest BCUT2D eigenvalue weighted by atomic mass is 16.5. The fourth-order valence-electron chi connectivity index (χ4n) is 2.34. The Morgan fingerprint density at radius 1 is 1.21 bits per heavy atom. The molecule has 5 heteroatoms. The summed E-state index contributed by atoms with van der Waals surface area (Å²) in [4.78, 5) is 16.5. The Labute approximate surface area is 139 Å². The van der Waals surface area contributed by atoms with Crippen LogP contribution in [0.15, 0.2) is 54.6 Å². The van der Waals surface area contributed by atoms with Crippen molar-refractivity contribution in [3.8, 4) is 11.8 Å². The molecule has 5 nitrogen and oxygen atoms in total. The first-order valence-electron chi connectivity index (χ1n) is 7.45. The lowest BCUT2D eigenvalue weighted by molar-refractivity contribution is -0.118. The molecule has 1 heterocycles. The number of nitrogens with one attached hydrogen (secondary N) is 1. The number of amides is 1. The maximum absolute atomic E-state index is 12.0. The van der Waals surface area contributed by atoms with Crippen LogP contribution in [0.4, 0.5) is 5.69 Å². The van der Waals surface area contributed by atoms with Crippen molar-refractivity contribution in [3.05, 3.63) is 65.9 Å². The monoisotopic (exact) mass is 317 g/mol. The molecule has 0 spiro atoms. The number of nitrogens with zero attached hydrogens (tertiary/aromatic N) is 2. The van der Waals surface area contributed by atoms with Gasteiger partial charge in [-0.2, -0.15) is 5.26 Å². The summed E-state index contributed by atoms with van der Waals surface area (Å²) in [6.45, 7) is 1.77. The van der Waals surface area contributed by atoms with Gasteiger partial charge < -0.3 is 10.1 Å². The van der Waals surface area contributed by atoms with Crippen LogP contribution >= 0.6 is 0 Å². The maximum atomic E-state index is 12.0. The van der Waals surface area contributed by atoms with E-state index in [-0.39, 0.29) is 12.5 Å². The summed E-state index contributed by atoms with van der Waals surface area (Å²) in [6.07, 6.45) is 0. The third kappa shape index (κ3) is 3.50. The normalized spacial score (nSPS) is 10.2. The van der Waals surface area contributed by atoms with Gasteiger partial charge in [0.05, 0.1) is 11.6 Å². The molecule has 2 aromatic carbocycles. The van der Waals surface area contributed by atoms with E-state index in [1.165, 1.54) is 0 Å². The number of anilines is 1. The van der Waals surface area contributed by atoms with Gasteiger partial charge in [-0.15, -0.1) is 0 Å². The molecule has 0 radical (unpaired) electrons. The van der Waals surface area contributed by atoms with E-state index in [9.17, 15) is 4.79 Å². The zero-order valence-electron chi connectivity index (χ0n) is 13.1. The van der Waals surface area contributed by atoms with Crippen molar-refractivity contribution in [1.29, 1.82) is 5.26 Å². The average Bonchev–Trinajstić information content (AvgIpc) is 2.60. The van der Waals surface area contributed by atoms with E-state index >= 15 is 0 Å². The Morgan fingerprint density at radius 3 is 2.88 bits per heavy atom. The van der Waals surface area contributed by atoms with Crippen LogP contribution in [0.25, 0.3) is 10.9 Å². The number of nitriles is 1. The van der Waals surface area contributed by atoms with E-state index in [1.807, 2.05) is 37.3 Å². The molecular weight excluding hydrogens is 302 g/mol. The summed E-state index contributed by atoms with van der Waals surface area (Å²) in [5.74, 6) is 0.270. The molecule has 3 rings (SSSR count). The van der Waals surface area contributed by atoms with Gasteiger partial charge in [0.15, 0.2) is 6.61 Å². The molecule has 0 aliphatic heterocycles. The van der Waals surface area contributed by atoms with Gasteiger partial charge in [-0.05, 0) is 37.3 Å². The summed E-state index contributed by atoms with van der Waals surface area (Å²) < 4.78 is 5.63.